The second-order valence-electron chi connectivity index (χ2n) is 1.38. The SMILES string of the molecule is CCB1OC=CS1. The lowest BCUT2D eigenvalue weighted by Gasteiger charge is -1.96. The molecule has 1 rings (SSSR count). The first-order valence-electron chi connectivity index (χ1n) is 2.39. The van der Waals surface area contributed by atoms with Crippen LogP contribution in [0, 0.1) is 0 Å². The van der Waals surface area contributed by atoms with Crippen molar-refractivity contribution in [2.75, 3.05) is 0 Å². The van der Waals surface area contributed by atoms with Gasteiger partial charge in [0.1, 0.15) is 0 Å². The summed E-state index contributed by atoms with van der Waals surface area (Å²) in [5, 5.41) is 1.98. The Morgan fingerprint density at radius 2 is 2.71 bits per heavy atom. The summed E-state index contributed by atoms with van der Waals surface area (Å²) >= 11 is 1.74. The van der Waals surface area contributed by atoms with Gasteiger partial charge in [0, 0.05) is 0 Å². The van der Waals surface area contributed by atoms with E-state index in [-0.39, 0.29) is 0 Å². The molecule has 1 nitrogen and oxygen atoms in total. The molecule has 0 N–H and O–H groups in total. The Labute approximate surface area is 48.1 Å². The minimum atomic E-state index is 0.403. The van der Waals surface area contributed by atoms with Crippen LogP contribution in [0.25, 0.3) is 0 Å². The van der Waals surface area contributed by atoms with Crippen LogP contribution in [0.4, 0.5) is 0 Å². The van der Waals surface area contributed by atoms with Gasteiger partial charge >= 0.3 is 6.19 Å². The molecule has 0 aromatic carbocycles. The van der Waals surface area contributed by atoms with Gasteiger partial charge in [-0.1, -0.05) is 6.92 Å². The Bertz CT molecular complexity index is 75.8. The van der Waals surface area contributed by atoms with E-state index in [0.29, 0.717) is 6.19 Å². The fraction of sp³-hybridized carbons (Fsp3) is 0.500. The van der Waals surface area contributed by atoms with Gasteiger partial charge in [0.05, 0.1) is 6.26 Å². The summed E-state index contributed by atoms with van der Waals surface area (Å²) in [6.45, 7) is 2.12. The minimum Gasteiger partial charge on any atom is -0.555 e. The lowest BCUT2D eigenvalue weighted by Crippen LogP contribution is -2.01. The highest BCUT2D eigenvalue weighted by molar-refractivity contribution is 8.27. The first kappa shape index (κ1) is 5.10. The van der Waals surface area contributed by atoms with Gasteiger partial charge in [-0.05, 0) is 11.7 Å². The largest absolute Gasteiger partial charge is 0.555 e. The zero-order valence-electron chi connectivity index (χ0n) is 4.26. The van der Waals surface area contributed by atoms with Crippen molar-refractivity contribution in [3.63, 3.8) is 0 Å². The highest BCUT2D eigenvalue weighted by atomic mass is 32.2. The standard InChI is InChI=1S/C4H7BOS/c1-2-5-6-3-4-7-5/h3-4H,2H2,1H3. The fourth-order valence-electron chi connectivity index (χ4n) is 0.464. The van der Waals surface area contributed by atoms with Crippen molar-refractivity contribution in [3.05, 3.63) is 11.7 Å². The molecule has 0 atom stereocenters. The average Bonchev–Trinajstić information content (AvgIpc) is 2.14. The van der Waals surface area contributed by atoms with Gasteiger partial charge < -0.3 is 4.65 Å². The lowest BCUT2D eigenvalue weighted by molar-refractivity contribution is 0.514. The average molecular weight is 114 g/mol. The molecule has 0 spiro atoms. The molecule has 0 unspecified atom stereocenters. The van der Waals surface area contributed by atoms with Crippen LogP contribution < -0.4 is 0 Å². The molecule has 38 valence electrons. The molecular formula is C4H7BOS. The van der Waals surface area contributed by atoms with Crippen LogP contribution in [-0.4, -0.2) is 6.19 Å². The first-order chi connectivity index (χ1) is 3.43. The van der Waals surface area contributed by atoms with E-state index in [0.717, 1.165) is 6.32 Å². The third kappa shape index (κ3) is 1.16. The van der Waals surface area contributed by atoms with E-state index in [2.05, 4.69) is 6.92 Å². The molecule has 0 saturated carbocycles. The Kier molecular flexibility index (Phi) is 1.68. The maximum atomic E-state index is 5.08. The summed E-state index contributed by atoms with van der Waals surface area (Å²) < 4.78 is 5.08. The van der Waals surface area contributed by atoms with E-state index in [1.807, 2.05) is 5.41 Å². The van der Waals surface area contributed by atoms with E-state index < -0.39 is 0 Å². The molecule has 0 saturated heterocycles. The van der Waals surface area contributed by atoms with Crippen LogP contribution in [0.15, 0.2) is 11.7 Å². The van der Waals surface area contributed by atoms with Crippen LogP contribution in [-0.2, 0) is 4.65 Å². The summed E-state index contributed by atoms with van der Waals surface area (Å²) in [7, 11) is 0. The Hall–Kier alpha value is -0.0451. The molecule has 7 heavy (non-hydrogen) atoms. The van der Waals surface area contributed by atoms with Crippen molar-refractivity contribution in [2.24, 2.45) is 0 Å². The van der Waals surface area contributed by atoms with Crippen LogP contribution in [0.1, 0.15) is 6.92 Å². The van der Waals surface area contributed by atoms with Crippen molar-refractivity contribution in [1.82, 2.24) is 0 Å². The van der Waals surface area contributed by atoms with Gasteiger partial charge in [-0.15, -0.1) is 11.6 Å². The third-order valence-electron chi connectivity index (χ3n) is 0.850. The molecule has 3 heteroatoms. The van der Waals surface area contributed by atoms with E-state index in [4.69, 9.17) is 4.65 Å². The quantitative estimate of drug-likeness (QED) is 0.480. The monoisotopic (exact) mass is 114 g/mol. The highest BCUT2D eigenvalue weighted by Gasteiger charge is 2.15. The van der Waals surface area contributed by atoms with Crippen LogP contribution >= 0.6 is 11.6 Å². The Morgan fingerprint density at radius 3 is 3.00 bits per heavy atom. The predicted molar refractivity (Wildman–Crippen MR) is 34.1 cm³/mol. The first-order valence-corrected chi connectivity index (χ1v) is 3.33. The molecule has 0 radical (unpaired) electrons. The summed E-state index contributed by atoms with van der Waals surface area (Å²) in [5.41, 5.74) is 0. The van der Waals surface area contributed by atoms with Gasteiger partial charge in [-0.2, -0.15) is 0 Å². The summed E-state index contributed by atoms with van der Waals surface area (Å²) in [4.78, 5) is 0. The Morgan fingerprint density at radius 1 is 1.86 bits per heavy atom. The van der Waals surface area contributed by atoms with Crippen molar-refractivity contribution in [1.29, 1.82) is 0 Å². The Balaban J connectivity index is 2.22. The van der Waals surface area contributed by atoms with Gasteiger partial charge in [-0.3, -0.25) is 0 Å². The maximum absolute atomic E-state index is 5.08. The predicted octanol–water partition coefficient (Wildman–Crippen LogP) is 1.73. The lowest BCUT2D eigenvalue weighted by atomic mass is 9.95. The zero-order valence-corrected chi connectivity index (χ0v) is 5.07. The molecule has 0 aliphatic carbocycles. The summed E-state index contributed by atoms with van der Waals surface area (Å²) in [6, 6.07) is 0. The smallest absolute Gasteiger partial charge is 0.430 e. The van der Waals surface area contributed by atoms with Crippen molar-refractivity contribution >= 4 is 17.8 Å². The molecule has 0 aromatic rings. The molecule has 1 aliphatic rings. The minimum absolute atomic E-state index is 0.403. The molecular weight excluding hydrogens is 107 g/mol. The van der Waals surface area contributed by atoms with E-state index in [1.54, 1.807) is 17.9 Å². The fourth-order valence-corrected chi connectivity index (χ4v) is 1.09. The van der Waals surface area contributed by atoms with Gasteiger partial charge in [-0.25, -0.2) is 0 Å². The maximum Gasteiger partial charge on any atom is 0.430 e. The van der Waals surface area contributed by atoms with Crippen LogP contribution in [0.5, 0.6) is 0 Å². The summed E-state index contributed by atoms with van der Waals surface area (Å²) in [5.74, 6) is 0. The normalized spacial score (nSPS) is 17.6. The van der Waals surface area contributed by atoms with E-state index >= 15 is 0 Å². The number of hydrogen-bond acceptors (Lipinski definition) is 2. The van der Waals surface area contributed by atoms with Crippen molar-refractivity contribution in [2.45, 2.75) is 13.2 Å². The van der Waals surface area contributed by atoms with Gasteiger partial charge in [0.2, 0.25) is 0 Å². The highest BCUT2D eigenvalue weighted by Crippen LogP contribution is 2.19. The molecule has 0 bridgehead atoms. The molecule has 0 fully saturated rings. The molecule has 1 aliphatic heterocycles. The van der Waals surface area contributed by atoms with Crippen LogP contribution in [0.2, 0.25) is 6.32 Å². The zero-order chi connectivity index (χ0) is 5.11. The van der Waals surface area contributed by atoms with E-state index in [1.165, 1.54) is 0 Å². The number of hydrogen-bond donors (Lipinski definition) is 0. The van der Waals surface area contributed by atoms with Crippen LogP contribution in [0.3, 0.4) is 0 Å². The van der Waals surface area contributed by atoms with Crippen molar-refractivity contribution < 1.29 is 4.65 Å². The van der Waals surface area contributed by atoms with Gasteiger partial charge in [0.15, 0.2) is 0 Å². The topological polar surface area (TPSA) is 9.23 Å². The summed E-state index contributed by atoms with van der Waals surface area (Å²) in [6.07, 6.45) is 3.25. The van der Waals surface area contributed by atoms with Crippen molar-refractivity contribution in [3.8, 4) is 0 Å². The van der Waals surface area contributed by atoms with E-state index in [9.17, 15) is 0 Å². The molecule has 1 heterocycles. The third-order valence-corrected chi connectivity index (χ3v) is 1.87. The molecule has 0 aromatic heterocycles. The second kappa shape index (κ2) is 2.31. The molecule has 0 amide bonds. The van der Waals surface area contributed by atoms with Gasteiger partial charge in [0.25, 0.3) is 0 Å². The number of rotatable bonds is 1. The second-order valence-corrected chi connectivity index (χ2v) is 2.45.